The van der Waals surface area contributed by atoms with E-state index in [-0.39, 0.29) is 18.7 Å². The minimum absolute atomic E-state index is 0.0387. The summed E-state index contributed by atoms with van der Waals surface area (Å²) in [4.78, 5) is 22.4. The molecule has 7 heteroatoms. The summed E-state index contributed by atoms with van der Waals surface area (Å²) in [6.07, 6.45) is -0.175. The van der Waals surface area contributed by atoms with E-state index >= 15 is 0 Å². The molecule has 0 amide bonds. The van der Waals surface area contributed by atoms with Gasteiger partial charge in [-0.1, -0.05) is 0 Å². The highest BCUT2D eigenvalue weighted by Crippen LogP contribution is 2.35. The second-order valence-corrected chi connectivity index (χ2v) is 7.48. The molecule has 0 radical (unpaired) electrons. The normalized spacial score (nSPS) is 12.0. The Hall–Kier alpha value is -1.73. The third-order valence-electron chi connectivity index (χ3n) is 3.28. The van der Waals surface area contributed by atoms with E-state index in [4.69, 9.17) is 4.74 Å². The Kier molecular flexibility index (Phi) is 4.91. The third kappa shape index (κ3) is 3.79. The van der Waals surface area contributed by atoms with Crippen molar-refractivity contribution in [1.29, 1.82) is 0 Å². The molecule has 0 aliphatic carbocycles. The number of rotatable bonds is 5. The summed E-state index contributed by atoms with van der Waals surface area (Å²) >= 11 is 1.31. The maximum Gasteiger partial charge on any atom is 0.348 e. The number of nitrogens with one attached hydrogen (secondary N) is 1. The van der Waals surface area contributed by atoms with Crippen LogP contribution in [0.4, 0.5) is 5.82 Å². The first-order valence-corrected chi connectivity index (χ1v) is 8.34. The molecule has 0 fully saturated rings. The van der Waals surface area contributed by atoms with Crippen molar-refractivity contribution >= 4 is 33.3 Å². The van der Waals surface area contributed by atoms with Crippen LogP contribution >= 0.6 is 11.3 Å². The Labute approximate surface area is 139 Å². The highest BCUT2D eigenvalue weighted by molar-refractivity contribution is 7.20. The van der Waals surface area contributed by atoms with Crippen molar-refractivity contribution < 1.29 is 14.6 Å². The van der Waals surface area contributed by atoms with Crippen LogP contribution in [0.3, 0.4) is 0 Å². The average molecular weight is 337 g/mol. The first-order valence-electron chi connectivity index (χ1n) is 7.52. The van der Waals surface area contributed by atoms with Crippen LogP contribution in [-0.2, 0) is 4.74 Å². The number of carbonyl (C=O) groups excluding carboxylic acids is 1. The van der Waals surface area contributed by atoms with Gasteiger partial charge in [-0.2, -0.15) is 0 Å². The molecule has 0 unspecified atom stereocenters. The summed E-state index contributed by atoms with van der Waals surface area (Å²) in [6, 6.07) is 0. The Morgan fingerprint density at radius 2 is 2.00 bits per heavy atom. The van der Waals surface area contributed by atoms with Gasteiger partial charge in [-0.3, -0.25) is 0 Å². The number of hydrogen-bond acceptors (Lipinski definition) is 7. The van der Waals surface area contributed by atoms with E-state index < -0.39 is 5.54 Å². The third-order valence-corrected chi connectivity index (χ3v) is 4.45. The number of aliphatic hydroxyl groups is 1. The number of esters is 1. The SMILES string of the molecule is Cc1nc(NC(C)(C)CO)c2c(C)c(C(=O)OC(C)C)sc2n1. The van der Waals surface area contributed by atoms with Crippen molar-refractivity contribution in [3.8, 4) is 0 Å². The molecule has 0 aliphatic rings. The van der Waals surface area contributed by atoms with E-state index in [1.54, 1.807) is 6.92 Å². The van der Waals surface area contributed by atoms with Crippen molar-refractivity contribution in [2.45, 2.75) is 53.2 Å². The number of anilines is 1. The van der Waals surface area contributed by atoms with Gasteiger partial charge in [-0.25, -0.2) is 14.8 Å². The van der Waals surface area contributed by atoms with Gasteiger partial charge in [0.1, 0.15) is 21.3 Å². The van der Waals surface area contributed by atoms with Crippen LogP contribution < -0.4 is 5.32 Å². The summed E-state index contributed by atoms with van der Waals surface area (Å²) in [7, 11) is 0. The number of fused-ring (bicyclic) bond motifs is 1. The minimum Gasteiger partial charge on any atom is -0.459 e. The van der Waals surface area contributed by atoms with E-state index in [2.05, 4.69) is 15.3 Å². The smallest absolute Gasteiger partial charge is 0.348 e. The fourth-order valence-corrected chi connectivity index (χ4v) is 3.27. The fourth-order valence-electron chi connectivity index (χ4n) is 2.16. The number of ether oxygens (including phenoxy) is 1. The zero-order valence-electron chi connectivity index (χ0n) is 14.4. The van der Waals surface area contributed by atoms with Crippen LogP contribution in [0.1, 0.15) is 48.8 Å². The molecular formula is C16H23N3O3S. The van der Waals surface area contributed by atoms with Gasteiger partial charge in [0.15, 0.2) is 0 Å². The van der Waals surface area contributed by atoms with Crippen molar-refractivity contribution in [1.82, 2.24) is 9.97 Å². The summed E-state index contributed by atoms with van der Waals surface area (Å²) in [6.45, 7) is 11.0. The largest absolute Gasteiger partial charge is 0.459 e. The second-order valence-electron chi connectivity index (χ2n) is 6.48. The Morgan fingerprint density at radius 1 is 1.35 bits per heavy atom. The number of aliphatic hydroxyl groups excluding tert-OH is 1. The molecule has 0 spiro atoms. The van der Waals surface area contributed by atoms with E-state index in [1.807, 2.05) is 34.6 Å². The topological polar surface area (TPSA) is 84.3 Å². The zero-order chi connectivity index (χ0) is 17.4. The van der Waals surface area contributed by atoms with Crippen LogP contribution in [0.5, 0.6) is 0 Å². The molecule has 0 aliphatic heterocycles. The van der Waals surface area contributed by atoms with Gasteiger partial charge in [0.05, 0.1) is 23.6 Å². The molecular weight excluding hydrogens is 314 g/mol. The number of aromatic nitrogens is 2. The van der Waals surface area contributed by atoms with Gasteiger partial charge in [-0.05, 0) is 47.1 Å². The summed E-state index contributed by atoms with van der Waals surface area (Å²) < 4.78 is 5.30. The lowest BCUT2D eigenvalue weighted by molar-refractivity contribution is 0.0383. The number of thiophene rings is 1. The molecule has 6 nitrogen and oxygen atoms in total. The van der Waals surface area contributed by atoms with E-state index in [1.165, 1.54) is 11.3 Å². The highest BCUT2D eigenvalue weighted by Gasteiger charge is 2.24. The summed E-state index contributed by atoms with van der Waals surface area (Å²) in [5.41, 5.74) is 0.271. The zero-order valence-corrected chi connectivity index (χ0v) is 15.2. The van der Waals surface area contributed by atoms with Gasteiger partial charge < -0.3 is 15.2 Å². The molecule has 2 N–H and O–H groups in total. The van der Waals surface area contributed by atoms with Gasteiger partial charge >= 0.3 is 5.97 Å². The summed E-state index contributed by atoms with van der Waals surface area (Å²) in [5, 5.41) is 13.5. The van der Waals surface area contributed by atoms with Gasteiger partial charge in [-0.15, -0.1) is 11.3 Å². The average Bonchev–Trinajstić information content (AvgIpc) is 2.74. The van der Waals surface area contributed by atoms with E-state index in [0.29, 0.717) is 16.5 Å². The standard InChI is InChI=1S/C16H23N3O3S/c1-8(2)22-15(21)12-9(3)11-13(19-16(5,6)7-20)17-10(4)18-14(11)23-12/h8,20H,7H2,1-6H3,(H,17,18,19). The molecule has 126 valence electrons. The maximum absolute atomic E-state index is 12.3. The molecule has 0 saturated carbocycles. The minimum atomic E-state index is -0.527. The molecule has 0 bridgehead atoms. The maximum atomic E-state index is 12.3. The molecule has 23 heavy (non-hydrogen) atoms. The van der Waals surface area contributed by atoms with E-state index in [9.17, 15) is 9.90 Å². The molecule has 0 atom stereocenters. The van der Waals surface area contributed by atoms with Crippen LogP contribution in [-0.4, -0.2) is 39.3 Å². The quantitative estimate of drug-likeness (QED) is 0.816. The van der Waals surface area contributed by atoms with Gasteiger partial charge in [0.25, 0.3) is 0 Å². The monoisotopic (exact) mass is 337 g/mol. The Bertz CT molecular complexity index is 738. The van der Waals surface area contributed by atoms with Crippen LogP contribution in [0, 0.1) is 13.8 Å². The Morgan fingerprint density at radius 3 is 2.57 bits per heavy atom. The lowest BCUT2D eigenvalue weighted by Gasteiger charge is -2.24. The fraction of sp³-hybridized carbons (Fsp3) is 0.562. The van der Waals surface area contributed by atoms with Crippen molar-refractivity contribution in [3.63, 3.8) is 0 Å². The predicted octanol–water partition coefficient (Wildman–Crippen LogP) is 3.06. The number of aryl methyl sites for hydroxylation is 2. The van der Waals surface area contributed by atoms with Crippen molar-refractivity contribution in [2.24, 2.45) is 0 Å². The van der Waals surface area contributed by atoms with Crippen molar-refractivity contribution in [3.05, 3.63) is 16.3 Å². The van der Waals surface area contributed by atoms with Gasteiger partial charge in [0.2, 0.25) is 0 Å². The van der Waals surface area contributed by atoms with Crippen LogP contribution in [0.25, 0.3) is 10.2 Å². The number of carbonyl (C=O) groups is 1. The van der Waals surface area contributed by atoms with Gasteiger partial charge in [0, 0.05) is 0 Å². The molecule has 2 heterocycles. The molecule has 2 aromatic heterocycles. The molecule has 2 aromatic rings. The lowest BCUT2D eigenvalue weighted by atomic mass is 10.1. The molecule has 0 aromatic carbocycles. The van der Waals surface area contributed by atoms with Crippen LogP contribution in [0.15, 0.2) is 0 Å². The number of nitrogens with zero attached hydrogens (tertiary/aromatic N) is 2. The first kappa shape index (κ1) is 17.6. The molecule has 2 rings (SSSR count). The van der Waals surface area contributed by atoms with Crippen LogP contribution in [0.2, 0.25) is 0 Å². The first-order chi connectivity index (χ1) is 10.6. The Balaban J connectivity index is 2.57. The second kappa shape index (κ2) is 6.41. The predicted molar refractivity (Wildman–Crippen MR) is 92.2 cm³/mol. The van der Waals surface area contributed by atoms with Crippen molar-refractivity contribution in [2.75, 3.05) is 11.9 Å². The molecule has 0 saturated heterocycles. The summed E-state index contributed by atoms with van der Waals surface area (Å²) in [5.74, 6) is 0.896. The number of hydrogen-bond donors (Lipinski definition) is 2. The highest BCUT2D eigenvalue weighted by atomic mass is 32.1. The lowest BCUT2D eigenvalue weighted by Crippen LogP contribution is -2.35. The van der Waals surface area contributed by atoms with E-state index in [0.717, 1.165) is 15.8 Å².